The molecule has 3 aromatic carbocycles. The van der Waals surface area contributed by atoms with Gasteiger partial charge in [0.15, 0.2) is 0 Å². The molecule has 0 amide bonds. The van der Waals surface area contributed by atoms with E-state index < -0.39 is 11.9 Å². The van der Waals surface area contributed by atoms with Gasteiger partial charge in [-0.2, -0.15) is 0 Å². The summed E-state index contributed by atoms with van der Waals surface area (Å²) in [5.74, 6) is 0.509. The van der Waals surface area contributed by atoms with Crippen LogP contribution >= 0.6 is 11.8 Å². The number of hydrogen-bond donors (Lipinski definition) is 0. The Hall–Kier alpha value is -4.04. The normalized spacial score (nSPS) is 10.8. The maximum absolute atomic E-state index is 13.1. The third-order valence-electron chi connectivity index (χ3n) is 6.14. The standard InChI is InChI=1S/C30H29NO6S/c1-18-10-11-19(2)22(14-18)17-38-28-26(30(33)36-5)27(23-8-6-7-9-24(23)31-28)37-16-21-15-20(29(32)35-4)12-13-25(21)34-3/h6-15H,16-17H2,1-5H3. The number of carbonyl (C=O) groups is 2. The fourth-order valence-electron chi connectivity index (χ4n) is 4.08. The number of hydrogen-bond acceptors (Lipinski definition) is 8. The molecule has 0 spiro atoms. The van der Waals surface area contributed by atoms with Crippen LogP contribution in [-0.4, -0.2) is 38.3 Å². The number of nitrogens with zero attached hydrogens (tertiary/aromatic N) is 1. The average Bonchev–Trinajstić information content (AvgIpc) is 2.94. The van der Waals surface area contributed by atoms with Gasteiger partial charge in [-0.05, 0) is 55.3 Å². The molecule has 0 aliphatic rings. The van der Waals surface area contributed by atoms with Gasteiger partial charge in [0.25, 0.3) is 0 Å². The van der Waals surface area contributed by atoms with Crippen molar-refractivity contribution in [1.29, 1.82) is 0 Å². The van der Waals surface area contributed by atoms with E-state index >= 15 is 0 Å². The fourth-order valence-corrected chi connectivity index (χ4v) is 5.17. The zero-order valence-electron chi connectivity index (χ0n) is 22.0. The number of rotatable bonds is 9. The molecule has 1 aromatic heterocycles. The highest BCUT2D eigenvalue weighted by Gasteiger charge is 2.24. The predicted molar refractivity (Wildman–Crippen MR) is 147 cm³/mol. The van der Waals surface area contributed by atoms with Gasteiger partial charge in [-0.1, -0.05) is 35.9 Å². The van der Waals surface area contributed by atoms with Crippen LogP contribution in [0.15, 0.2) is 65.7 Å². The molecule has 0 unspecified atom stereocenters. The summed E-state index contributed by atoms with van der Waals surface area (Å²) in [5, 5.41) is 1.19. The second-order valence-corrected chi connectivity index (χ2v) is 9.62. The first-order chi connectivity index (χ1) is 18.4. The van der Waals surface area contributed by atoms with Crippen molar-refractivity contribution in [2.75, 3.05) is 21.3 Å². The van der Waals surface area contributed by atoms with E-state index in [9.17, 15) is 9.59 Å². The number of ether oxygens (including phenoxy) is 4. The zero-order chi connectivity index (χ0) is 27.2. The van der Waals surface area contributed by atoms with Gasteiger partial charge < -0.3 is 18.9 Å². The molecule has 0 fully saturated rings. The van der Waals surface area contributed by atoms with E-state index in [0.29, 0.717) is 44.3 Å². The molecule has 0 N–H and O–H groups in total. The van der Waals surface area contributed by atoms with E-state index in [4.69, 9.17) is 23.9 Å². The first kappa shape index (κ1) is 27.0. The van der Waals surface area contributed by atoms with Crippen molar-refractivity contribution >= 4 is 34.6 Å². The number of carbonyl (C=O) groups excluding carboxylic acids is 2. The van der Waals surface area contributed by atoms with Crippen LogP contribution in [0.4, 0.5) is 0 Å². The summed E-state index contributed by atoms with van der Waals surface area (Å²) in [6, 6.07) is 18.7. The molecular weight excluding hydrogens is 502 g/mol. The van der Waals surface area contributed by atoms with Crippen LogP contribution in [0.1, 0.15) is 43.0 Å². The third kappa shape index (κ3) is 5.75. The molecule has 8 heteroatoms. The summed E-state index contributed by atoms with van der Waals surface area (Å²) in [7, 11) is 4.20. The molecule has 7 nitrogen and oxygen atoms in total. The van der Waals surface area contributed by atoms with Crippen LogP contribution in [0.5, 0.6) is 11.5 Å². The van der Waals surface area contributed by atoms with E-state index in [2.05, 4.69) is 32.0 Å². The number of thioether (sulfide) groups is 1. The molecule has 38 heavy (non-hydrogen) atoms. The number of para-hydroxylation sites is 1. The number of aromatic nitrogens is 1. The second-order valence-electron chi connectivity index (χ2n) is 8.66. The summed E-state index contributed by atoms with van der Waals surface area (Å²) >= 11 is 1.46. The van der Waals surface area contributed by atoms with Gasteiger partial charge in [-0.15, -0.1) is 11.8 Å². The van der Waals surface area contributed by atoms with Crippen molar-refractivity contribution in [3.8, 4) is 11.5 Å². The van der Waals surface area contributed by atoms with Crippen LogP contribution in [0, 0.1) is 13.8 Å². The lowest BCUT2D eigenvalue weighted by Gasteiger charge is -2.18. The smallest absolute Gasteiger partial charge is 0.344 e. The summed E-state index contributed by atoms with van der Waals surface area (Å²) in [4.78, 5) is 30.0. The topological polar surface area (TPSA) is 84.0 Å². The second kappa shape index (κ2) is 12.0. The quantitative estimate of drug-likeness (QED) is 0.184. The van der Waals surface area contributed by atoms with Gasteiger partial charge in [0.1, 0.15) is 28.7 Å². The Morgan fingerprint density at radius 3 is 2.37 bits per heavy atom. The summed E-state index contributed by atoms with van der Waals surface area (Å²) in [6.07, 6.45) is 0. The summed E-state index contributed by atoms with van der Waals surface area (Å²) in [5.41, 5.74) is 5.42. The maximum Gasteiger partial charge on any atom is 0.344 e. The minimum atomic E-state index is -0.544. The highest BCUT2D eigenvalue weighted by Crippen LogP contribution is 2.38. The monoisotopic (exact) mass is 531 g/mol. The molecule has 4 aromatic rings. The number of benzene rings is 3. The van der Waals surface area contributed by atoms with Crippen molar-refractivity contribution in [2.45, 2.75) is 31.2 Å². The van der Waals surface area contributed by atoms with Gasteiger partial charge in [0, 0.05) is 16.7 Å². The lowest BCUT2D eigenvalue weighted by molar-refractivity contribution is 0.0586. The lowest BCUT2D eigenvalue weighted by atomic mass is 10.1. The molecule has 0 aliphatic carbocycles. The number of pyridine rings is 1. The Bertz CT molecular complexity index is 1500. The minimum Gasteiger partial charge on any atom is -0.496 e. The Morgan fingerprint density at radius 2 is 1.63 bits per heavy atom. The molecule has 0 aliphatic heterocycles. The molecule has 1 heterocycles. The summed E-state index contributed by atoms with van der Waals surface area (Å²) < 4.78 is 21.8. The first-order valence-corrected chi connectivity index (χ1v) is 12.9. The van der Waals surface area contributed by atoms with Crippen LogP contribution < -0.4 is 9.47 Å². The molecular formula is C30H29NO6S. The van der Waals surface area contributed by atoms with Gasteiger partial charge in [-0.3, -0.25) is 0 Å². The molecule has 0 atom stereocenters. The van der Waals surface area contributed by atoms with Crippen molar-refractivity contribution in [3.63, 3.8) is 0 Å². The maximum atomic E-state index is 13.1. The van der Waals surface area contributed by atoms with Gasteiger partial charge in [-0.25, -0.2) is 14.6 Å². The van der Waals surface area contributed by atoms with E-state index in [-0.39, 0.29) is 12.2 Å². The Morgan fingerprint density at radius 1 is 0.868 bits per heavy atom. The minimum absolute atomic E-state index is 0.0348. The number of aryl methyl sites for hydroxylation is 2. The van der Waals surface area contributed by atoms with Gasteiger partial charge in [0.2, 0.25) is 0 Å². The first-order valence-electron chi connectivity index (χ1n) is 11.9. The van der Waals surface area contributed by atoms with Crippen molar-refractivity contribution in [1.82, 2.24) is 4.98 Å². The Balaban J connectivity index is 1.78. The summed E-state index contributed by atoms with van der Waals surface area (Å²) in [6.45, 7) is 4.15. The van der Waals surface area contributed by atoms with Crippen LogP contribution in [-0.2, 0) is 21.8 Å². The van der Waals surface area contributed by atoms with Crippen LogP contribution in [0.25, 0.3) is 10.9 Å². The van der Waals surface area contributed by atoms with Crippen molar-refractivity contribution < 1.29 is 28.5 Å². The number of methoxy groups -OCH3 is 3. The Kier molecular flexibility index (Phi) is 8.53. The molecule has 4 rings (SSSR count). The highest BCUT2D eigenvalue weighted by molar-refractivity contribution is 7.98. The molecule has 0 saturated heterocycles. The van der Waals surface area contributed by atoms with Crippen LogP contribution in [0.2, 0.25) is 0 Å². The predicted octanol–water partition coefficient (Wildman–Crippen LogP) is 6.30. The Labute approximate surface area is 226 Å². The van der Waals surface area contributed by atoms with E-state index in [1.54, 1.807) is 25.3 Å². The third-order valence-corrected chi connectivity index (χ3v) is 7.17. The molecule has 0 bridgehead atoms. The highest BCUT2D eigenvalue weighted by atomic mass is 32.2. The fraction of sp³-hybridized carbons (Fsp3) is 0.233. The van der Waals surface area contributed by atoms with Gasteiger partial charge >= 0.3 is 11.9 Å². The van der Waals surface area contributed by atoms with Crippen molar-refractivity contribution in [3.05, 3.63) is 94.0 Å². The van der Waals surface area contributed by atoms with E-state index in [1.807, 2.05) is 24.3 Å². The SMILES string of the molecule is COC(=O)c1ccc(OC)c(COc2c(C(=O)OC)c(SCc3cc(C)ccc3C)nc3ccccc23)c1. The average molecular weight is 532 g/mol. The van der Waals surface area contributed by atoms with Crippen LogP contribution in [0.3, 0.4) is 0 Å². The van der Waals surface area contributed by atoms with E-state index in [1.165, 1.54) is 26.0 Å². The van der Waals surface area contributed by atoms with Crippen molar-refractivity contribution in [2.24, 2.45) is 0 Å². The molecule has 0 radical (unpaired) electrons. The zero-order valence-corrected chi connectivity index (χ0v) is 22.8. The van der Waals surface area contributed by atoms with E-state index in [0.717, 1.165) is 16.7 Å². The van der Waals surface area contributed by atoms with Gasteiger partial charge in [0.05, 0.1) is 32.4 Å². The number of fused-ring (bicyclic) bond motifs is 1. The molecule has 196 valence electrons. The lowest BCUT2D eigenvalue weighted by Crippen LogP contribution is -2.11. The molecule has 0 saturated carbocycles. The number of esters is 2. The largest absolute Gasteiger partial charge is 0.496 e.